The standard InChI is InChI=1S/C21H22N2O4/c1-22(13-17-14-26-18-5-2-3-6-19(18)27-17)21(25)15-8-10-16(11-9-15)23-12-4-7-20(23)24/h2-3,5-6,8-11,17H,4,7,12-14H2,1H3. The van der Waals surface area contributed by atoms with Crippen LogP contribution in [-0.2, 0) is 4.79 Å². The Balaban J connectivity index is 1.38. The number of amides is 2. The molecule has 2 amide bonds. The summed E-state index contributed by atoms with van der Waals surface area (Å²) >= 11 is 0. The van der Waals surface area contributed by atoms with Crippen molar-refractivity contribution in [3.63, 3.8) is 0 Å². The quantitative estimate of drug-likeness (QED) is 0.835. The summed E-state index contributed by atoms with van der Waals surface area (Å²) in [5.74, 6) is 1.49. The SMILES string of the molecule is CN(CC1COc2ccccc2O1)C(=O)c1ccc(N2CCCC2=O)cc1. The van der Waals surface area contributed by atoms with Crippen molar-refractivity contribution in [2.45, 2.75) is 18.9 Å². The number of para-hydroxylation sites is 2. The fourth-order valence-electron chi connectivity index (χ4n) is 3.47. The van der Waals surface area contributed by atoms with Crippen LogP contribution in [0.15, 0.2) is 48.5 Å². The molecule has 27 heavy (non-hydrogen) atoms. The largest absolute Gasteiger partial charge is 0.486 e. The van der Waals surface area contributed by atoms with Crippen LogP contribution in [0.2, 0.25) is 0 Å². The van der Waals surface area contributed by atoms with Gasteiger partial charge in [0.1, 0.15) is 6.61 Å². The number of nitrogens with zero attached hydrogens (tertiary/aromatic N) is 2. The number of anilines is 1. The van der Waals surface area contributed by atoms with Crippen LogP contribution < -0.4 is 14.4 Å². The average Bonchev–Trinajstić information content (AvgIpc) is 3.13. The van der Waals surface area contributed by atoms with Crippen molar-refractivity contribution in [1.29, 1.82) is 0 Å². The molecule has 1 atom stereocenters. The van der Waals surface area contributed by atoms with E-state index in [0.717, 1.165) is 24.4 Å². The molecule has 1 unspecified atom stereocenters. The highest BCUT2D eigenvalue weighted by atomic mass is 16.6. The van der Waals surface area contributed by atoms with Crippen LogP contribution in [0.1, 0.15) is 23.2 Å². The Morgan fingerprint density at radius 3 is 2.59 bits per heavy atom. The number of rotatable bonds is 4. The van der Waals surface area contributed by atoms with Gasteiger partial charge in [-0.05, 0) is 42.8 Å². The summed E-state index contributed by atoms with van der Waals surface area (Å²) in [6.07, 6.45) is 1.26. The topological polar surface area (TPSA) is 59.1 Å². The number of ether oxygens (including phenoxy) is 2. The lowest BCUT2D eigenvalue weighted by atomic mass is 10.1. The molecule has 2 aliphatic rings. The van der Waals surface area contributed by atoms with Gasteiger partial charge in [-0.15, -0.1) is 0 Å². The average molecular weight is 366 g/mol. The molecule has 0 aliphatic carbocycles. The van der Waals surface area contributed by atoms with Crippen molar-refractivity contribution in [3.05, 3.63) is 54.1 Å². The first-order chi connectivity index (χ1) is 13.1. The van der Waals surface area contributed by atoms with Gasteiger partial charge in [0.15, 0.2) is 17.6 Å². The molecule has 0 N–H and O–H groups in total. The molecule has 1 fully saturated rings. The highest BCUT2D eigenvalue weighted by Crippen LogP contribution is 2.31. The fourth-order valence-corrected chi connectivity index (χ4v) is 3.47. The van der Waals surface area contributed by atoms with E-state index in [9.17, 15) is 9.59 Å². The molecule has 2 aromatic rings. The molecule has 140 valence electrons. The van der Waals surface area contributed by atoms with Crippen LogP contribution in [0.5, 0.6) is 11.5 Å². The van der Waals surface area contributed by atoms with Crippen molar-refractivity contribution in [3.8, 4) is 11.5 Å². The Bertz CT molecular complexity index is 850. The summed E-state index contributed by atoms with van der Waals surface area (Å²) in [7, 11) is 1.75. The lowest BCUT2D eigenvalue weighted by Gasteiger charge is -2.29. The van der Waals surface area contributed by atoms with Crippen LogP contribution in [0.25, 0.3) is 0 Å². The molecule has 0 saturated carbocycles. The van der Waals surface area contributed by atoms with Crippen LogP contribution in [0.4, 0.5) is 5.69 Å². The number of hydrogen-bond acceptors (Lipinski definition) is 4. The van der Waals surface area contributed by atoms with E-state index in [1.165, 1.54) is 0 Å². The van der Waals surface area contributed by atoms with E-state index in [1.54, 1.807) is 29.0 Å². The van der Waals surface area contributed by atoms with Gasteiger partial charge in [0.25, 0.3) is 5.91 Å². The third kappa shape index (κ3) is 3.60. The summed E-state index contributed by atoms with van der Waals surface area (Å²) in [6, 6.07) is 14.7. The summed E-state index contributed by atoms with van der Waals surface area (Å²) in [4.78, 5) is 27.9. The predicted octanol–water partition coefficient (Wildman–Crippen LogP) is 2.73. The molecule has 6 nitrogen and oxygen atoms in total. The first kappa shape index (κ1) is 17.4. The molecule has 2 heterocycles. The summed E-state index contributed by atoms with van der Waals surface area (Å²) in [5, 5.41) is 0. The monoisotopic (exact) mass is 366 g/mol. The summed E-state index contributed by atoms with van der Waals surface area (Å²) in [5.41, 5.74) is 1.43. The Hall–Kier alpha value is -3.02. The van der Waals surface area contributed by atoms with E-state index in [2.05, 4.69) is 0 Å². The van der Waals surface area contributed by atoms with Crippen LogP contribution in [-0.4, -0.2) is 49.6 Å². The lowest BCUT2D eigenvalue weighted by molar-refractivity contribution is -0.117. The molecule has 0 aromatic heterocycles. The molecular weight excluding hydrogens is 344 g/mol. The van der Waals surface area contributed by atoms with Crippen LogP contribution in [0, 0.1) is 0 Å². The molecule has 2 aromatic carbocycles. The van der Waals surface area contributed by atoms with Gasteiger partial charge >= 0.3 is 0 Å². The normalized spacial score (nSPS) is 18.5. The van der Waals surface area contributed by atoms with Crippen molar-refractivity contribution >= 4 is 17.5 Å². The van der Waals surface area contributed by atoms with Gasteiger partial charge in [0.05, 0.1) is 6.54 Å². The van der Waals surface area contributed by atoms with Crippen molar-refractivity contribution in [2.24, 2.45) is 0 Å². The molecule has 2 aliphatic heterocycles. The van der Waals surface area contributed by atoms with Gasteiger partial charge in [-0.25, -0.2) is 0 Å². The van der Waals surface area contributed by atoms with E-state index in [1.807, 2.05) is 36.4 Å². The number of carbonyl (C=O) groups excluding carboxylic acids is 2. The maximum atomic E-state index is 12.7. The smallest absolute Gasteiger partial charge is 0.253 e. The van der Waals surface area contributed by atoms with E-state index in [-0.39, 0.29) is 17.9 Å². The molecule has 0 spiro atoms. The molecule has 4 rings (SSSR count). The Kier molecular flexibility index (Phi) is 4.71. The summed E-state index contributed by atoms with van der Waals surface area (Å²) in [6.45, 7) is 1.58. The minimum absolute atomic E-state index is 0.0863. The Morgan fingerprint density at radius 2 is 1.89 bits per heavy atom. The minimum atomic E-state index is -0.213. The van der Waals surface area contributed by atoms with Crippen LogP contribution in [0.3, 0.4) is 0 Å². The second kappa shape index (κ2) is 7.31. The molecule has 6 heteroatoms. The lowest BCUT2D eigenvalue weighted by Crippen LogP contribution is -2.41. The number of carbonyl (C=O) groups is 2. The fraction of sp³-hybridized carbons (Fsp3) is 0.333. The highest BCUT2D eigenvalue weighted by Gasteiger charge is 2.25. The van der Waals surface area contributed by atoms with E-state index >= 15 is 0 Å². The van der Waals surface area contributed by atoms with Crippen molar-refractivity contribution < 1.29 is 19.1 Å². The molecule has 0 bridgehead atoms. The number of hydrogen-bond donors (Lipinski definition) is 0. The molecular formula is C21H22N2O4. The molecule has 1 saturated heterocycles. The number of fused-ring (bicyclic) bond motifs is 1. The van der Waals surface area contributed by atoms with E-state index in [4.69, 9.17) is 9.47 Å². The van der Waals surface area contributed by atoms with Gasteiger partial charge in [-0.1, -0.05) is 12.1 Å². The highest BCUT2D eigenvalue weighted by molar-refractivity contribution is 5.97. The van der Waals surface area contributed by atoms with Gasteiger partial charge in [0, 0.05) is 31.3 Å². The van der Waals surface area contributed by atoms with Crippen LogP contribution >= 0.6 is 0 Å². The zero-order valence-electron chi connectivity index (χ0n) is 15.3. The zero-order valence-corrected chi connectivity index (χ0v) is 15.3. The van der Waals surface area contributed by atoms with E-state index in [0.29, 0.717) is 30.9 Å². The Morgan fingerprint density at radius 1 is 1.15 bits per heavy atom. The molecule has 0 radical (unpaired) electrons. The maximum absolute atomic E-state index is 12.7. The van der Waals surface area contributed by atoms with Gasteiger partial charge in [-0.3, -0.25) is 9.59 Å². The number of benzene rings is 2. The zero-order chi connectivity index (χ0) is 18.8. The maximum Gasteiger partial charge on any atom is 0.253 e. The second-order valence-electron chi connectivity index (χ2n) is 6.88. The number of likely N-dealkylation sites (N-methyl/N-ethyl adjacent to an activating group) is 1. The van der Waals surface area contributed by atoms with Gasteiger partial charge < -0.3 is 19.3 Å². The minimum Gasteiger partial charge on any atom is -0.486 e. The summed E-state index contributed by atoms with van der Waals surface area (Å²) < 4.78 is 11.6. The first-order valence-corrected chi connectivity index (χ1v) is 9.16. The van der Waals surface area contributed by atoms with Gasteiger partial charge in [-0.2, -0.15) is 0 Å². The van der Waals surface area contributed by atoms with E-state index < -0.39 is 0 Å². The second-order valence-corrected chi connectivity index (χ2v) is 6.88. The third-order valence-electron chi connectivity index (χ3n) is 4.89. The Labute approximate surface area is 158 Å². The first-order valence-electron chi connectivity index (χ1n) is 9.16. The van der Waals surface area contributed by atoms with Crippen molar-refractivity contribution in [1.82, 2.24) is 4.90 Å². The third-order valence-corrected chi connectivity index (χ3v) is 4.89. The van der Waals surface area contributed by atoms with Gasteiger partial charge in [0.2, 0.25) is 5.91 Å². The predicted molar refractivity (Wildman–Crippen MR) is 101 cm³/mol. The van der Waals surface area contributed by atoms with Crippen molar-refractivity contribution in [2.75, 3.05) is 31.6 Å².